The highest BCUT2D eigenvalue weighted by molar-refractivity contribution is 6.30. The maximum absolute atomic E-state index is 10.7. The number of carbonyl (C=O) groups is 1. The largest absolute Gasteiger partial charge is 0.462 e. The summed E-state index contributed by atoms with van der Waals surface area (Å²) in [5.41, 5.74) is 1.15. The summed E-state index contributed by atoms with van der Waals surface area (Å²) in [5.74, 6) is -0.249. The minimum Gasteiger partial charge on any atom is -0.462 e. The maximum atomic E-state index is 10.7. The van der Waals surface area contributed by atoms with Gasteiger partial charge in [0.05, 0.1) is 0 Å². The van der Waals surface area contributed by atoms with Gasteiger partial charge in [-0.05, 0) is 24.6 Å². The molecule has 0 saturated carbocycles. The van der Waals surface area contributed by atoms with E-state index in [1.54, 1.807) is 0 Å². The number of esters is 1. The number of rotatable bonds is 5. The van der Waals surface area contributed by atoms with Crippen molar-refractivity contribution in [3.63, 3.8) is 0 Å². The molecule has 0 radical (unpaired) electrons. The quantitative estimate of drug-likeness (QED) is 0.805. The van der Waals surface area contributed by atoms with Gasteiger partial charge in [0, 0.05) is 25.0 Å². The Morgan fingerprint density at radius 1 is 1.44 bits per heavy atom. The van der Waals surface area contributed by atoms with E-state index in [2.05, 4.69) is 5.32 Å². The lowest BCUT2D eigenvalue weighted by Gasteiger charge is -2.12. The van der Waals surface area contributed by atoms with Crippen molar-refractivity contribution in [1.82, 2.24) is 5.32 Å². The normalized spacial score (nSPS) is 12.2. The molecule has 0 aliphatic carbocycles. The fraction of sp³-hybridized carbons (Fsp3) is 0.417. The Labute approximate surface area is 101 Å². The van der Waals surface area contributed by atoms with Crippen LogP contribution in [-0.2, 0) is 16.1 Å². The highest BCUT2D eigenvalue weighted by atomic mass is 35.5. The Bertz CT molecular complexity index is 337. The van der Waals surface area contributed by atoms with E-state index < -0.39 is 0 Å². The lowest BCUT2D eigenvalue weighted by Crippen LogP contribution is -2.27. The van der Waals surface area contributed by atoms with Gasteiger partial charge in [0.25, 0.3) is 0 Å². The third-order valence-electron chi connectivity index (χ3n) is 2.04. The standard InChI is InChI=1S/C12H16ClNO2/c1-9(16-10(2)15)7-14-8-11-3-5-12(13)6-4-11/h3-6,9,14H,7-8H2,1-2H3. The maximum Gasteiger partial charge on any atom is 0.302 e. The van der Waals surface area contributed by atoms with E-state index in [4.69, 9.17) is 16.3 Å². The highest BCUT2D eigenvalue weighted by Gasteiger charge is 2.04. The average molecular weight is 242 g/mol. The first-order chi connectivity index (χ1) is 7.58. The first-order valence-corrected chi connectivity index (χ1v) is 5.58. The number of nitrogens with one attached hydrogen (secondary N) is 1. The van der Waals surface area contributed by atoms with Gasteiger partial charge in [0.15, 0.2) is 0 Å². The van der Waals surface area contributed by atoms with Gasteiger partial charge in [-0.2, -0.15) is 0 Å². The average Bonchev–Trinajstić information content (AvgIpc) is 2.20. The van der Waals surface area contributed by atoms with Crippen LogP contribution in [-0.4, -0.2) is 18.6 Å². The SMILES string of the molecule is CC(=O)OC(C)CNCc1ccc(Cl)cc1. The summed E-state index contributed by atoms with van der Waals surface area (Å²) in [5, 5.41) is 3.94. The fourth-order valence-corrected chi connectivity index (χ4v) is 1.47. The lowest BCUT2D eigenvalue weighted by atomic mass is 10.2. The molecule has 1 aromatic rings. The van der Waals surface area contributed by atoms with Gasteiger partial charge in [-0.25, -0.2) is 0 Å². The number of hydrogen-bond acceptors (Lipinski definition) is 3. The molecule has 0 amide bonds. The minimum absolute atomic E-state index is 0.107. The highest BCUT2D eigenvalue weighted by Crippen LogP contribution is 2.09. The van der Waals surface area contributed by atoms with Crippen molar-refractivity contribution < 1.29 is 9.53 Å². The predicted octanol–water partition coefficient (Wildman–Crippen LogP) is 2.38. The lowest BCUT2D eigenvalue weighted by molar-refractivity contribution is -0.145. The third kappa shape index (κ3) is 5.14. The van der Waals surface area contributed by atoms with Crippen molar-refractivity contribution in [3.05, 3.63) is 34.9 Å². The van der Waals surface area contributed by atoms with E-state index in [1.807, 2.05) is 31.2 Å². The Hall–Kier alpha value is -1.06. The number of hydrogen-bond donors (Lipinski definition) is 1. The van der Waals surface area contributed by atoms with E-state index in [-0.39, 0.29) is 12.1 Å². The summed E-state index contributed by atoms with van der Waals surface area (Å²) in [6.07, 6.45) is -0.107. The van der Waals surface area contributed by atoms with Crippen LogP contribution < -0.4 is 5.32 Å². The molecule has 0 spiro atoms. The van der Waals surface area contributed by atoms with Crippen LogP contribution in [0.1, 0.15) is 19.4 Å². The molecule has 0 heterocycles. The van der Waals surface area contributed by atoms with Crippen molar-refractivity contribution in [2.45, 2.75) is 26.5 Å². The molecule has 1 aromatic carbocycles. The van der Waals surface area contributed by atoms with Crippen LogP contribution in [0.5, 0.6) is 0 Å². The Morgan fingerprint density at radius 3 is 2.62 bits per heavy atom. The summed E-state index contributed by atoms with van der Waals surface area (Å²) in [7, 11) is 0. The Balaban J connectivity index is 2.25. The smallest absolute Gasteiger partial charge is 0.302 e. The molecule has 3 nitrogen and oxygen atoms in total. The van der Waals surface area contributed by atoms with E-state index in [0.29, 0.717) is 6.54 Å². The molecule has 1 atom stereocenters. The molecular formula is C12H16ClNO2. The zero-order valence-corrected chi connectivity index (χ0v) is 10.3. The summed E-state index contributed by atoms with van der Waals surface area (Å²) in [6, 6.07) is 7.64. The molecule has 0 saturated heterocycles. The topological polar surface area (TPSA) is 38.3 Å². The zero-order valence-electron chi connectivity index (χ0n) is 9.50. The minimum atomic E-state index is -0.249. The van der Waals surface area contributed by atoms with Crippen LogP contribution in [0.3, 0.4) is 0 Å². The number of halogens is 1. The molecule has 1 N–H and O–H groups in total. The van der Waals surface area contributed by atoms with E-state index in [0.717, 1.165) is 17.1 Å². The molecule has 1 rings (SSSR count). The van der Waals surface area contributed by atoms with Crippen LogP contribution in [0.15, 0.2) is 24.3 Å². The second kappa shape index (κ2) is 6.51. The van der Waals surface area contributed by atoms with Crippen LogP contribution >= 0.6 is 11.6 Å². The fourth-order valence-electron chi connectivity index (χ4n) is 1.35. The molecule has 0 aliphatic rings. The van der Waals surface area contributed by atoms with E-state index in [9.17, 15) is 4.79 Å². The molecule has 4 heteroatoms. The summed E-state index contributed by atoms with van der Waals surface area (Å²) >= 11 is 5.78. The number of carbonyl (C=O) groups excluding carboxylic acids is 1. The van der Waals surface area contributed by atoms with Gasteiger partial charge in [-0.15, -0.1) is 0 Å². The molecule has 0 bridgehead atoms. The van der Waals surface area contributed by atoms with Crippen LogP contribution in [0.4, 0.5) is 0 Å². The van der Waals surface area contributed by atoms with Crippen molar-refractivity contribution in [2.75, 3.05) is 6.54 Å². The van der Waals surface area contributed by atoms with E-state index >= 15 is 0 Å². The predicted molar refractivity (Wildman–Crippen MR) is 64.4 cm³/mol. The van der Waals surface area contributed by atoms with E-state index in [1.165, 1.54) is 6.92 Å². The summed E-state index contributed by atoms with van der Waals surface area (Å²) in [4.78, 5) is 10.7. The molecule has 88 valence electrons. The molecule has 0 aromatic heterocycles. The van der Waals surface area contributed by atoms with Gasteiger partial charge in [0.1, 0.15) is 6.10 Å². The Kier molecular flexibility index (Phi) is 5.29. The first kappa shape index (κ1) is 13.0. The molecule has 1 unspecified atom stereocenters. The van der Waals surface area contributed by atoms with Gasteiger partial charge >= 0.3 is 5.97 Å². The Morgan fingerprint density at radius 2 is 2.06 bits per heavy atom. The van der Waals surface area contributed by atoms with Crippen LogP contribution in [0.25, 0.3) is 0 Å². The number of benzene rings is 1. The molecule has 16 heavy (non-hydrogen) atoms. The van der Waals surface area contributed by atoms with Crippen molar-refractivity contribution >= 4 is 17.6 Å². The van der Waals surface area contributed by atoms with Crippen molar-refractivity contribution in [3.8, 4) is 0 Å². The third-order valence-corrected chi connectivity index (χ3v) is 2.29. The molecular weight excluding hydrogens is 226 g/mol. The second-order valence-corrected chi connectivity index (χ2v) is 4.11. The van der Waals surface area contributed by atoms with Gasteiger partial charge in [-0.1, -0.05) is 23.7 Å². The van der Waals surface area contributed by atoms with Gasteiger partial charge < -0.3 is 10.1 Å². The zero-order chi connectivity index (χ0) is 12.0. The van der Waals surface area contributed by atoms with Gasteiger partial charge in [-0.3, -0.25) is 4.79 Å². The first-order valence-electron chi connectivity index (χ1n) is 5.20. The van der Waals surface area contributed by atoms with Gasteiger partial charge in [0.2, 0.25) is 0 Å². The second-order valence-electron chi connectivity index (χ2n) is 3.68. The summed E-state index contributed by atoms with van der Waals surface area (Å²) < 4.78 is 4.98. The van der Waals surface area contributed by atoms with Crippen LogP contribution in [0, 0.1) is 0 Å². The molecule has 0 fully saturated rings. The van der Waals surface area contributed by atoms with Crippen LogP contribution in [0.2, 0.25) is 5.02 Å². The van der Waals surface area contributed by atoms with Crippen molar-refractivity contribution in [1.29, 1.82) is 0 Å². The number of ether oxygens (including phenoxy) is 1. The molecule has 0 aliphatic heterocycles. The van der Waals surface area contributed by atoms with Crippen molar-refractivity contribution in [2.24, 2.45) is 0 Å². The summed E-state index contributed by atoms with van der Waals surface area (Å²) in [6.45, 7) is 4.65. The monoisotopic (exact) mass is 241 g/mol.